The molecule has 1 atom stereocenters. The molecular weight excluding hydrogens is 250 g/mol. The summed E-state index contributed by atoms with van der Waals surface area (Å²) in [6.07, 6.45) is 0.768. The average Bonchev–Trinajstić information content (AvgIpc) is 2.87. The third-order valence-electron chi connectivity index (χ3n) is 3.52. The molecule has 0 radical (unpaired) electrons. The highest BCUT2D eigenvalue weighted by molar-refractivity contribution is 5.58. The van der Waals surface area contributed by atoms with Gasteiger partial charge in [-0.3, -0.25) is 0 Å². The number of nitrogens with one attached hydrogen (secondary N) is 1. The number of benzene rings is 1. The van der Waals surface area contributed by atoms with Gasteiger partial charge in [-0.25, -0.2) is 0 Å². The Morgan fingerprint density at radius 1 is 1.25 bits per heavy atom. The Bertz CT molecular complexity index is 548. The lowest BCUT2D eigenvalue weighted by atomic mass is 10.0. The summed E-state index contributed by atoms with van der Waals surface area (Å²) in [6.45, 7) is 9.52. The quantitative estimate of drug-likeness (QED) is 0.878. The van der Waals surface area contributed by atoms with Crippen molar-refractivity contribution in [2.75, 3.05) is 6.54 Å². The Balaban J connectivity index is 2.15. The fraction of sp³-hybridized carbons (Fsp3) is 0.500. The molecule has 1 aromatic carbocycles. The third kappa shape index (κ3) is 3.45. The summed E-state index contributed by atoms with van der Waals surface area (Å²) >= 11 is 0. The minimum Gasteiger partial charge on any atom is -0.339 e. The molecule has 4 heteroatoms. The monoisotopic (exact) mass is 273 g/mol. The highest BCUT2D eigenvalue weighted by Gasteiger charge is 2.17. The van der Waals surface area contributed by atoms with Crippen molar-refractivity contribution in [3.05, 3.63) is 35.7 Å². The van der Waals surface area contributed by atoms with Crippen LogP contribution in [0.15, 0.2) is 28.8 Å². The summed E-state index contributed by atoms with van der Waals surface area (Å²) in [5, 5.41) is 7.57. The van der Waals surface area contributed by atoms with E-state index in [1.807, 2.05) is 18.2 Å². The molecule has 0 saturated heterocycles. The van der Waals surface area contributed by atoms with E-state index >= 15 is 0 Å². The molecule has 0 fully saturated rings. The fourth-order valence-corrected chi connectivity index (χ4v) is 2.26. The molecule has 1 aromatic heterocycles. The van der Waals surface area contributed by atoms with Gasteiger partial charge in [-0.05, 0) is 24.9 Å². The van der Waals surface area contributed by atoms with Crippen LogP contribution in [0.25, 0.3) is 11.4 Å². The van der Waals surface area contributed by atoms with Gasteiger partial charge in [-0.2, -0.15) is 4.98 Å². The number of aryl methyl sites for hydroxylation is 1. The van der Waals surface area contributed by atoms with Crippen LogP contribution in [-0.4, -0.2) is 22.7 Å². The van der Waals surface area contributed by atoms with Crippen LogP contribution in [0, 0.1) is 12.8 Å². The number of hydrogen-bond acceptors (Lipinski definition) is 4. The molecule has 1 heterocycles. The molecule has 0 saturated carbocycles. The Kier molecular flexibility index (Phi) is 4.90. The minimum absolute atomic E-state index is 0.366. The maximum absolute atomic E-state index is 5.40. The number of aromatic nitrogens is 2. The van der Waals surface area contributed by atoms with Gasteiger partial charge in [0.05, 0.1) is 0 Å². The van der Waals surface area contributed by atoms with Gasteiger partial charge in [0.25, 0.3) is 0 Å². The van der Waals surface area contributed by atoms with Gasteiger partial charge in [0.15, 0.2) is 0 Å². The average molecular weight is 273 g/mol. The van der Waals surface area contributed by atoms with Crippen molar-refractivity contribution in [2.45, 2.75) is 40.2 Å². The smallest absolute Gasteiger partial charge is 0.228 e. The third-order valence-corrected chi connectivity index (χ3v) is 3.52. The summed E-state index contributed by atoms with van der Waals surface area (Å²) in [5.41, 5.74) is 2.19. The van der Waals surface area contributed by atoms with Crippen LogP contribution in [0.4, 0.5) is 0 Å². The van der Waals surface area contributed by atoms with Crippen molar-refractivity contribution in [3.63, 3.8) is 0 Å². The maximum atomic E-state index is 5.40. The Hall–Kier alpha value is -1.68. The second-order valence-electron chi connectivity index (χ2n) is 5.44. The predicted molar refractivity (Wildman–Crippen MR) is 80.5 cm³/mol. The fourth-order valence-electron chi connectivity index (χ4n) is 2.26. The van der Waals surface area contributed by atoms with Crippen molar-refractivity contribution in [1.29, 1.82) is 0 Å². The normalized spacial score (nSPS) is 12.8. The standard InChI is InChI=1S/C16H23N3O/c1-5-17-14(11(2)3)10-15-18-16(19-20-15)13-9-7-6-8-12(13)4/h6-9,11,14,17H,5,10H2,1-4H3. The molecule has 0 spiro atoms. The Labute approximate surface area is 120 Å². The number of rotatable bonds is 6. The molecule has 0 aliphatic rings. The molecule has 4 nitrogen and oxygen atoms in total. The molecule has 2 aromatic rings. The summed E-state index contributed by atoms with van der Waals surface area (Å²) in [6, 6.07) is 8.45. The van der Waals surface area contributed by atoms with Gasteiger partial charge in [0.1, 0.15) is 0 Å². The van der Waals surface area contributed by atoms with E-state index in [2.05, 4.69) is 49.2 Å². The van der Waals surface area contributed by atoms with E-state index in [0.29, 0.717) is 23.7 Å². The second kappa shape index (κ2) is 6.66. The van der Waals surface area contributed by atoms with Crippen LogP contribution in [0.5, 0.6) is 0 Å². The molecule has 0 bridgehead atoms. The molecule has 108 valence electrons. The van der Waals surface area contributed by atoms with Gasteiger partial charge in [-0.15, -0.1) is 0 Å². The zero-order valence-electron chi connectivity index (χ0n) is 12.7. The van der Waals surface area contributed by atoms with Crippen molar-refractivity contribution in [3.8, 4) is 11.4 Å². The van der Waals surface area contributed by atoms with Crippen molar-refractivity contribution < 1.29 is 4.52 Å². The van der Waals surface area contributed by atoms with Crippen molar-refractivity contribution in [1.82, 2.24) is 15.5 Å². The number of likely N-dealkylation sites (N-methyl/N-ethyl adjacent to an activating group) is 1. The minimum atomic E-state index is 0.366. The molecule has 0 aliphatic carbocycles. The van der Waals surface area contributed by atoms with E-state index in [-0.39, 0.29) is 0 Å². The first-order valence-corrected chi connectivity index (χ1v) is 7.23. The Morgan fingerprint density at radius 2 is 2.00 bits per heavy atom. The van der Waals surface area contributed by atoms with E-state index in [1.54, 1.807) is 0 Å². The highest BCUT2D eigenvalue weighted by atomic mass is 16.5. The zero-order valence-corrected chi connectivity index (χ0v) is 12.7. The van der Waals surface area contributed by atoms with Crippen LogP contribution in [-0.2, 0) is 6.42 Å². The molecule has 0 amide bonds. The largest absolute Gasteiger partial charge is 0.339 e. The molecular formula is C16H23N3O. The molecule has 1 N–H and O–H groups in total. The topological polar surface area (TPSA) is 51.0 Å². The van der Waals surface area contributed by atoms with E-state index < -0.39 is 0 Å². The van der Waals surface area contributed by atoms with E-state index in [0.717, 1.165) is 24.1 Å². The first-order chi connectivity index (χ1) is 9.61. The summed E-state index contributed by atoms with van der Waals surface area (Å²) in [7, 11) is 0. The number of hydrogen-bond donors (Lipinski definition) is 1. The van der Waals surface area contributed by atoms with Gasteiger partial charge in [0.2, 0.25) is 11.7 Å². The predicted octanol–water partition coefficient (Wildman–Crippen LogP) is 3.22. The molecule has 1 unspecified atom stereocenters. The molecule has 20 heavy (non-hydrogen) atoms. The second-order valence-corrected chi connectivity index (χ2v) is 5.44. The van der Waals surface area contributed by atoms with Crippen LogP contribution in [0.2, 0.25) is 0 Å². The van der Waals surface area contributed by atoms with Gasteiger partial charge in [0, 0.05) is 18.0 Å². The molecule has 0 aliphatic heterocycles. The Morgan fingerprint density at radius 3 is 2.65 bits per heavy atom. The lowest BCUT2D eigenvalue weighted by molar-refractivity contribution is 0.329. The van der Waals surface area contributed by atoms with Gasteiger partial charge in [-0.1, -0.05) is 50.2 Å². The SMILES string of the molecule is CCNC(Cc1nc(-c2ccccc2C)no1)C(C)C. The molecule has 2 rings (SSSR count). The van der Waals surface area contributed by atoms with Crippen LogP contribution < -0.4 is 5.32 Å². The summed E-state index contributed by atoms with van der Waals surface area (Å²) in [4.78, 5) is 4.53. The van der Waals surface area contributed by atoms with Gasteiger partial charge >= 0.3 is 0 Å². The first-order valence-electron chi connectivity index (χ1n) is 7.23. The van der Waals surface area contributed by atoms with Crippen LogP contribution >= 0.6 is 0 Å². The summed E-state index contributed by atoms with van der Waals surface area (Å²) in [5.74, 6) is 1.91. The number of nitrogens with zero attached hydrogens (tertiary/aromatic N) is 2. The highest BCUT2D eigenvalue weighted by Crippen LogP contribution is 2.20. The zero-order chi connectivity index (χ0) is 14.5. The lowest BCUT2D eigenvalue weighted by Crippen LogP contribution is -2.35. The summed E-state index contributed by atoms with van der Waals surface area (Å²) < 4.78 is 5.40. The van der Waals surface area contributed by atoms with Crippen molar-refractivity contribution in [2.24, 2.45) is 5.92 Å². The van der Waals surface area contributed by atoms with E-state index in [4.69, 9.17) is 4.52 Å². The first kappa shape index (κ1) is 14.7. The van der Waals surface area contributed by atoms with E-state index in [1.165, 1.54) is 0 Å². The van der Waals surface area contributed by atoms with Crippen LogP contribution in [0.3, 0.4) is 0 Å². The van der Waals surface area contributed by atoms with E-state index in [9.17, 15) is 0 Å². The van der Waals surface area contributed by atoms with Crippen molar-refractivity contribution >= 4 is 0 Å². The van der Waals surface area contributed by atoms with Gasteiger partial charge < -0.3 is 9.84 Å². The lowest BCUT2D eigenvalue weighted by Gasteiger charge is -2.19. The van der Waals surface area contributed by atoms with Crippen LogP contribution in [0.1, 0.15) is 32.2 Å². The maximum Gasteiger partial charge on any atom is 0.228 e.